The minimum atomic E-state index is -0.814. The van der Waals surface area contributed by atoms with Crippen LogP contribution in [0.1, 0.15) is 30.8 Å². The number of hydrogen-bond acceptors (Lipinski definition) is 3. The SMILES string of the molecule is CCCn1ncc(Br)c1C(O)c1ccc(Cl)cn1. The topological polar surface area (TPSA) is 50.9 Å². The zero-order valence-corrected chi connectivity index (χ0v) is 12.2. The number of aryl methyl sites for hydroxylation is 1. The molecule has 0 fully saturated rings. The van der Waals surface area contributed by atoms with Crippen molar-refractivity contribution in [3.63, 3.8) is 0 Å². The number of nitrogens with zero attached hydrogens (tertiary/aromatic N) is 3. The van der Waals surface area contributed by atoms with Crippen LogP contribution in [0, 0.1) is 0 Å². The quantitative estimate of drug-likeness (QED) is 0.936. The Morgan fingerprint density at radius 3 is 2.83 bits per heavy atom. The zero-order valence-electron chi connectivity index (χ0n) is 9.85. The van der Waals surface area contributed by atoms with Gasteiger partial charge in [-0.2, -0.15) is 5.10 Å². The van der Waals surface area contributed by atoms with E-state index < -0.39 is 6.10 Å². The van der Waals surface area contributed by atoms with Crippen molar-refractivity contribution in [1.82, 2.24) is 14.8 Å². The van der Waals surface area contributed by atoms with Crippen LogP contribution in [0.25, 0.3) is 0 Å². The molecule has 1 N–H and O–H groups in total. The van der Waals surface area contributed by atoms with Crippen molar-refractivity contribution in [2.45, 2.75) is 26.0 Å². The van der Waals surface area contributed by atoms with Crippen LogP contribution in [-0.2, 0) is 6.54 Å². The van der Waals surface area contributed by atoms with Crippen molar-refractivity contribution in [2.75, 3.05) is 0 Å². The number of pyridine rings is 1. The average Bonchev–Trinajstić information content (AvgIpc) is 2.71. The first kappa shape index (κ1) is 13.5. The number of aromatic nitrogens is 3. The Balaban J connectivity index is 2.35. The van der Waals surface area contributed by atoms with Crippen LogP contribution in [0.4, 0.5) is 0 Å². The second-order valence-electron chi connectivity index (χ2n) is 3.90. The standard InChI is InChI=1S/C12H13BrClN3O/c1-2-5-17-11(9(13)7-16-17)12(18)10-4-3-8(14)6-15-10/h3-4,6-7,12,18H,2,5H2,1H3. The van der Waals surface area contributed by atoms with Gasteiger partial charge >= 0.3 is 0 Å². The minimum absolute atomic E-state index is 0.548. The van der Waals surface area contributed by atoms with Gasteiger partial charge in [0.25, 0.3) is 0 Å². The Morgan fingerprint density at radius 2 is 2.22 bits per heavy atom. The molecule has 0 radical (unpaired) electrons. The predicted molar refractivity (Wildman–Crippen MR) is 73.5 cm³/mol. The lowest BCUT2D eigenvalue weighted by Gasteiger charge is -2.13. The van der Waals surface area contributed by atoms with Crippen molar-refractivity contribution < 1.29 is 5.11 Å². The second-order valence-corrected chi connectivity index (χ2v) is 5.20. The predicted octanol–water partition coefficient (Wildman–Crippen LogP) is 3.19. The molecule has 2 rings (SSSR count). The van der Waals surface area contributed by atoms with Crippen LogP contribution in [-0.4, -0.2) is 19.9 Å². The van der Waals surface area contributed by atoms with Crippen LogP contribution < -0.4 is 0 Å². The molecule has 6 heteroatoms. The first-order valence-corrected chi connectivity index (χ1v) is 6.81. The number of aliphatic hydroxyl groups excluding tert-OH is 1. The Hall–Kier alpha value is -0.910. The first-order valence-electron chi connectivity index (χ1n) is 5.64. The third kappa shape index (κ3) is 2.74. The lowest BCUT2D eigenvalue weighted by molar-refractivity contribution is 0.202. The molecule has 4 nitrogen and oxygen atoms in total. The van der Waals surface area contributed by atoms with Gasteiger partial charge in [-0.05, 0) is 34.5 Å². The summed E-state index contributed by atoms with van der Waals surface area (Å²) in [5, 5.41) is 15.1. The molecule has 2 aromatic heterocycles. The zero-order chi connectivity index (χ0) is 13.1. The lowest BCUT2D eigenvalue weighted by atomic mass is 10.1. The van der Waals surface area contributed by atoms with Crippen LogP contribution in [0.2, 0.25) is 5.02 Å². The van der Waals surface area contributed by atoms with Crippen molar-refractivity contribution >= 4 is 27.5 Å². The molecule has 18 heavy (non-hydrogen) atoms. The lowest BCUT2D eigenvalue weighted by Crippen LogP contribution is -2.11. The van der Waals surface area contributed by atoms with Crippen LogP contribution in [0.15, 0.2) is 29.0 Å². The fourth-order valence-corrected chi connectivity index (χ4v) is 2.35. The summed E-state index contributed by atoms with van der Waals surface area (Å²) in [5.41, 5.74) is 1.27. The molecule has 0 spiro atoms. The van der Waals surface area contributed by atoms with Gasteiger partial charge in [-0.1, -0.05) is 18.5 Å². The van der Waals surface area contributed by atoms with Gasteiger partial charge < -0.3 is 5.11 Å². The summed E-state index contributed by atoms with van der Waals surface area (Å²) in [6, 6.07) is 3.42. The molecule has 2 heterocycles. The van der Waals surface area contributed by atoms with E-state index in [1.807, 2.05) is 0 Å². The molecule has 1 unspecified atom stereocenters. The molecule has 0 amide bonds. The van der Waals surface area contributed by atoms with E-state index in [1.165, 1.54) is 6.20 Å². The van der Waals surface area contributed by atoms with E-state index >= 15 is 0 Å². The largest absolute Gasteiger partial charge is 0.380 e. The monoisotopic (exact) mass is 329 g/mol. The highest BCUT2D eigenvalue weighted by Crippen LogP contribution is 2.28. The summed E-state index contributed by atoms with van der Waals surface area (Å²) in [5.74, 6) is 0. The number of rotatable bonds is 4. The van der Waals surface area contributed by atoms with Crippen LogP contribution in [0.5, 0.6) is 0 Å². The van der Waals surface area contributed by atoms with Crippen molar-refractivity contribution in [1.29, 1.82) is 0 Å². The Kier molecular flexibility index (Phi) is 4.37. The summed E-state index contributed by atoms with van der Waals surface area (Å²) < 4.78 is 2.56. The second kappa shape index (κ2) is 5.82. The Morgan fingerprint density at radius 1 is 1.44 bits per heavy atom. The maximum Gasteiger partial charge on any atom is 0.139 e. The van der Waals surface area contributed by atoms with Gasteiger partial charge in [-0.15, -0.1) is 0 Å². The average molecular weight is 331 g/mol. The van der Waals surface area contributed by atoms with E-state index in [2.05, 4.69) is 32.9 Å². The summed E-state index contributed by atoms with van der Waals surface area (Å²) in [7, 11) is 0. The van der Waals surface area contributed by atoms with Gasteiger partial charge in [0.2, 0.25) is 0 Å². The molecule has 0 saturated carbocycles. The first-order chi connectivity index (χ1) is 8.63. The van der Waals surface area contributed by atoms with E-state index in [0.29, 0.717) is 16.4 Å². The van der Waals surface area contributed by atoms with E-state index in [9.17, 15) is 5.11 Å². The van der Waals surface area contributed by atoms with Gasteiger partial charge in [0, 0.05) is 12.7 Å². The fraction of sp³-hybridized carbons (Fsp3) is 0.333. The van der Waals surface area contributed by atoms with E-state index in [0.717, 1.165) is 17.4 Å². The summed E-state index contributed by atoms with van der Waals surface area (Å²) in [4.78, 5) is 4.13. The number of aliphatic hydroxyl groups is 1. The van der Waals surface area contributed by atoms with Crippen molar-refractivity contribution in [3.05, 3.63) is 45.4 Å². The summed E-state index contributed by atoms with van der Waals surface area (Å²) >= 11 is 9.18. The van der Waals surface area contributed by atoms with Crippen LogP contribution in [0.3, 0.4) is 0 Å². The molecular weight excluding hydrogens is 318 g/mol. The van der Waals surface area contributed by atoms with E-state index in [1.54, 1.807) is 23.0 Å². The number of hydrogen-bond donors (Lipinski definition) is 1. The van der Waals surface area contributed by atoms with E-state index in [-0.39, 0.29) is 0 Å². The molecule has 0 aliphatic carbocycles. The van der Waals surface area contributed by atoms with E-state index in [4.69, 9.17) is 11.6 Å². The Labute approximate surface area is 119 Å². The molecule has 0 aromatic carbocycles. The molecule has 0 bridgehead atoms. The molecular formula is C12H13BrClN3O. The van der Waals surface area contributed by atoms with Crippen molar-refractivity contribution in [3.8, 4) is 0 Å². The van der Waals surface area contributed by atoms with Gasteiger partial charge in [-0.25, -0.2) is 0 Å². The van der Waals surface area contributed by atoms with Gasteiger partial charge in [0.15, 0.2) is 0 Å². The third-order valence-corrected chi connectivity index (χ3v) is 3.39. The smallest absolute Gasteiger partial charge is 0.139 e. The summed E-state index contributed by atoms with van der Waals surface area (Å²) in [6.45, 7) is 2.82. The third-order valence-electron chi connectivity index (χ3n) is 2.56. The minimum Gasteiger partial charge on any atom is -0.380 e. The molecule has 96 valence electrons. The molecule has 0 saturated heterocycles. The van der Waals surface area contributed by atoms with Gasteiger partial charge in [0.05, 0.1) is 27.1 Å². The maximum absolute atomic E-state index is 10.4. The maximum atomic E-state index is 10.4. The summed E-state index contributed by atoms with van der Waals surface area (Å²) in [6.07, 6.45) is 3.34. The number of halogens is 2. The highest BCUT2D eigenvalue weighted by atomic mass is 79.9. The Bertz CT molecular complexity index is 527. The molecule has 1 atom stereocenters. The highest BCUT2D eigenvalue weighted by Gasteiger charge is 2.20. The molecule has 0 aliphatic heterocycles. The molecule has 2 aromatic rings. The molecule has 0 aliphatic rings. The highest BCUT2D eigenvalue weighted by molar-refractivity contribution is 9.10. The van der Waals surface area contributed by atoms with Crippen molar-refractivity contribution in [2.24, 2.45) is 0 Å². The van der Waals surface area contributed by atoms with Gasteiger partial charge in [0.1, 0.15) is 6.10 Å². The van der Waals surface area contributed by atoms with Gasteiger partial charge in [-0.3, -0.25) is 9.67 Å². The fourth-order valence-electron chi connectivity index (χ4n) is 1.72. The van der Waals surface area contributed by atoms with Crippen LogP contribution >= 0.6 is 27.5 Å². The normalized spacial score (nSPS) is 12.7.